The van der Waals surface area contributed by atoms with Gasteiger partial charge in [0.1, 0.15) is 0 Å². The van der Waals surface area contributed by atoms with Crippen molar-refractivity contribution in [2.75, 3.05) is 13.2 Å². The van der Waals surface area contributed by atoms with Crippen LogP contribution < -0.4 is 5.32 Å². The Balaban J connectivity index is 2.77. The van der Waals surface area contributed by atoms with Crippen molar-refractivity contribution in [3.05, 3.63) is 0 Å². The quantitative estimate of drug-likeness (QED) is 0.489. The van der Waals surface area contributed by atoms with Gasteiger partial charge in [0.05, 0.1) is 6.42 Å². The minimum absolute atomic E-state index is 0.0481. The number of amides is 2. The minimum Gasteiger partial charge on any atom is -0.342 e. The average Bonchev–Trinajstić information content (AvgIpc) is 2.28. The standard InChI is InChI=1S/C8H13NO4/c1-3-12-8(13-4-2)5-6(10)9-7(8)11/h3-5H2,1-2H3,(H,9,10,11). The fourth-order valence-corrected chi connectivity index (χ4v) is 1.30. The topological polar surface area (TPSA) is 64.6 Å². The molecule has 0 aromatic heterocycles. The van der Waals surface area contributed by atoms with Crippen LogP contribution in [0.5, 0.6) is 0 Å². The maximum absolute atomic E-state index is 11.3. The molecule has 1 saturated heterocycles. The molecule has 0 bridgehead atoms. The zero-order chi connectivity index (χ0) is 9.90. The van der Waals surface area contributed by atoms with Crippen LogP contribution >= 0.6 is 0 Å². The summed E-state index contributed by atoms with van der Waals surface area (Å²) in [6.07, 6.45) is -0.0481. The molecule has 0 aromatic carbocycles. The predicted molar refractivity (Wildman–Crippen MR) is 43.7 cm³/mol. The van der Waals surface area contributed by atoms with Gasteiger partial charge in [-0.3, -0.25) is 14.9 Å². The molecule has 0 unspecified atom stereocenters. The zero-order valence-corrected chi connectivity index (χ0v) is 7.75. The molecule has 74 valence electrons. The molecule has 0 saturated carbocycles. The summed E-state index contributed by atoms with van der Waals surface area (Å²) in [6.45, 7) is 4.16. The summed E-state index contributed by atoms with van der Waals surface area (Å²) in [4.78, 5) is 22.2. The summed E-state index contributed by atoms with van der Waals surface area (Å²) in [6, 6.07) is 0. The molecule has 2 amide bonds. The van der Waals surface area contributed by atoms with E-state index < -0.39 is 11.7 Å². The van der Waals surface area contributed by atoms with Gasteiger partial charge in [0.25, 0.3) is 11.7 Å². The first-order valence-corrected chi connectivity index (χ1v) is 4.27. The Morgan fingerprint density at radius 2 is 1.85 bits per heavy atom. The molecule has 0 aliphatic carbocycles. The van der Waals surface area contributed by atoms with Crippen LogP contribution in [-0.4, -0.2) is 30.8 Å². The van der Waals surface area contributed by atoms with E-state index in [0.29, 0.717) is 13.2 Å². The number of rotatable bonds is 4. The highest BCUT2D eigenvalue weighted by atomic mass is 16.7. The first-order chi connectivity index (χ1) is 6.14. The predicted octanol–water partition coefficient (Wildman–Crippen LogP) is -0.198. The Morgan fingerprint density at radius 3 is 2.15 bits per heavy atom. The molecule has 0 aromatic rings. The van der Waals surface area contributed by atoms with E-state index in [9.17, 15) is 9.59 Å². The first kappa shape index (κ1) is 10.1. The number of ether oxygens (including phenoxy) is 2. The largest absolute Gasteiger partial charge is 0.342 e. The van der Waals surface area contributed by atoms with Crippen molar-refractivity contribution in [1.82, 2.24) is 5.32 Å². The van der Waals surface area contributed by atoms with E-state index in [1.165, 1.54) is 0 Å². The third-order valence-corrected chi connectivity index (χ3v) is 1.75. The highest BCUT2D eigenvalue weighted by Crippen LogP contribution is 2.23. The molecule has 1 N–H and O–H groups in total. The van der Waals surface area contributed by atoms with Gasteiger partial charge < -0.3 is 9.47 Å². The van der Waals surface area contributed by atoms with Gasteiger partial charge in [-0.2, -0.15) is 0 Å². The second-order valence-corrected chi connectivity index (χ2v) is 2.67. The van der Waals surface area contributed by atoms with Crippen LogP contribution in [0.25, 0.3) is 0 Å². The molecule has 13 heavy (non-hydrogen) atoms. The van der Waals surface area contributed by atoms with E-state index >= 15 is 0 Å². The molecule has 0 atom stereocenters. The normalized spacial score (nSPS) is 20.5. The Bertz CT molecular complexity index is 220. The fourth-order valence-electron chi connectivity index (χ4n) is 1.30. The van der Waals surface area contributed by atoms with Gasteiger partial charge in [-0.05, 0) is 13.8 Å². The molecule has 0 spiro atoms. The minimum atomic E-state index is -1.37. The molecule has 1 aliphatic heterocycles. The van der Waals surface area contributed by atoms with Crippen molar-refractivity contribution in [2.24, 2.45) is 0 Å². The van der Waals surface area contributed by atoms with Crippen molar-refractivity contribution < 1.29 is 19.1 Å². The highest BCUT2D eigenvalue weighted by molar-refractivity contribution is 6.06. The number of carbonyl (C=O) groups excluding carboxylic acids is 2. The number of nitrogens with one attached hydrogen (secondary N) is 1. The van der Waals surface area contributed by atoms with Crippen LogP contribution in [0, 0.1) is 0 Å². The maximum atomic E-state index is 11.3. The van der Waals surface area contributed by atoms with Gasteiger partial charge in [0, 0.05) is 13.2 Å². The molecule has 1 fully saturated rings. The summed E-state index contributed by atoms with van der Waals surface area (Å²) in [7, 11) is 0. The summed E-state index contributed by atoms with van der Waals surface area (Å²) < 4.78 is 10.3. The third-order valence-electron chi connectivity index (χ3n) is 1.75. The Hall–Kier alpha value is -0.940. The lowest BCUT2D eigenvalue weighted by Gasteiger charge is -2.24. The number of imide groups is 1. The van der Waals surface area contributed by atoms with Crippen molar-refractivity contribution in [3.63, 3.8) is 0 Å². The molecule has 5 nitrogen and oxygen atoms in total. The molecular weight excluding hydrogens is 174 g/mol. The van der Waals surface area contributed by atoms with Crippen LogP contribution in [0.3, 0.4) is 0 Å². The Morgan fingerprint density at radius 1 is 1.31 bits per heavy atom. The maximum Gasteiger partial charge on any atom is 0.287 e. The van der Waals surface area contributed by atoms with E-state index in [4.69, 9.17) is 9.47 Å². The lowest BCUT2D eigenvalue weighted by atomic mass is 10.2. The summed E-state index contributed by atoms with van der Waals surface area (Å²) in [5.74, 6) is -2.23. The van der Waals surface area contributed by atoms with Crippen LogP contribution in [-0.2, 0) is 19.1 Å². The molecular formula is C8H13NO4. The molecule has 5 heteroatoms. The Kier molecular flexibility index (Phi) is 3.00. The van der Waals surface area contributed by atoms with Crippen molar-refractivity contribution >= 4 is 11.8 Å². The SMILES string of the molecule is CCOC1(OCC)CC(=O)NC1=O. The van der Waals surface area contributed by atoms with Gasteiger partial charge in [0.2, 0.25) is 5.91 Å². The number of hydrogen-bond donors (Lipinski definition) is 1. The second-order valence-electron chi connectivity index (χ2n) is 2.67. The van der Waals surface area contributed by atoms with Crippen molar-refractivity contribution in [3.8, 4) is 0 Å². The monoisotopic (exact) mass is 187 g/mol. The number of hydrogen-bond acceptors (Lipinski definition) is 4. The van der Waals surface area contributed by atoms with Crippen molar-refractivity contribution in [2.45, 2.75) is 26.1 Å². The third kappa shape index (κ3) is 1.87. The van der Waals surface area contributed by atoms with Gasteiger partial charge in [-0.15, -0.1) is 0 Å². The van der Waals surface area contributed by atoms with E-state index in [1.807, 2.05) is 0 Å². The highest BCUT2D eigenvalue weighted by Gasteiger charge is 2.48. The first-order valence-electron chi connectivity index (χ1n) is 4.27. The van der Waals surface area contributed by atoms with Crippen LogP contribution in [0.1, 0.15) is 20.3 Å². The van der Waals surface area contributed by atoms with Crippen molar-refractivity contribution in [1.29, 1.82) is 0 Å². The average molecular weight is 187 g/mol. The lowest BCUT2D eigenvalue weighted by molar-refractivity contribution is -0.220. The van der Waals surface area contributed by atoms with Gasteiger partial charge in [-0.1, -0.05) is 0 Å². The van der Waals surface area contributed by atoms with E-state index in [2.05, 4.69) is 5.32 Å². The molecule has 1 heterocycles. The fraction of sp³-hybridized carbons (Fsp3) is 0.750. The van der Waals surface area contributed by atoms with Crippen LogP contribution in [0.4, 0.5) is 0 Å². The van der Waals surface area contributed by atoms with Gasteiger partial charge in [0.15, 0.2) is 0 Å². The van der Waals surface area contributed by atoms with Crippen LogP contribution in [0.15, 0.2) is 0 Å². The molecule has 1 rings (SSSR count). The number of carbonyl (C=O) groups is 2. The Labute approximate surface area is 76.4 Å². The lowest BCUT2D eigenvalue weighted by Crippen LogP contribution is -2.43. The molecule has 1 aliphatic rings. The van der Waals surface area contributed by atoms with E-state index in [1.54, 1.807) is 13.8 Å². The van der Waals surface area contributed by atoms with E-state index in [0.717, 1.165) is 0 Å². The second kappa shape index (κ2) is 3.85. The van der Waals surface area contributed by atoms with E-state index in [-0.39, 0.29) is 12.3 Å². The summed E-state index contributed by atoms with van der Waals surface area (Å²) in [5.41, 5.74) is 0. The summed E-state index contributed by atoms with van der Waals surface area (Å²) >= 11 is 0. The zero-order valence-electron chi connectivity index (χ0n) is 7.75. The molecule has 0 radical (unpaired) electrons. The smallest absolute Gasteiger partial charge is 0.287 e. The van der Waals surface area contributed by atoms with Gasteiger partial charge in [-0.25, -0.2) is 0 Å². The van der Waals surface area contributed by atoms with Gasteiger partial charge >= 0.3 is 0 Å². The van der Waals surface area contributed by atoms with Crippen LogP contribution in [0.2, 0.25) is 0 Å². The summed E-state index contributed by atoms with van der Waals surface area (Å²) in [5, 5.41) is 2.15.